The maximum Gasteiger partial charge on any atom is 0.410 e. The Kier molecular flexibility index (Phi) is 5.08. The van der Waals surface area contributed by atoms with E-state index in [9.17, 15) is 14.9 Å². The van der Waals surface area contributed by atoms with E-state index in [1.165, 1.54) is 12.1 Å². The number of nitro benzene ring substituents is 1. The number of piperidine rings is 1. The molecule has 1 atom stereocenters. The van der Waals surface area contributed by atoms with Crippen LogP contribution >= 0.6 is 0 Å². The van der Waals surface area contributed by atoms with Gasteiger partial charge in [-0.3, -0.25) is 10.1 Å². The third-order valence-electron chi connectivity index (χ3n) is 3.50. The van der Waals surface area contributed by atoms with Gasteiger partial charge in [-0.1, -0.05) is 6.07 Å². The molecule has 1 aliphatic heterocycles. The highest BCUT2D eigenvalue weighted by Crippen LogP contribution is 2.21. The third kappa shape index (κ3) is 5.12. The number of nitro groups is 1. The van der Waals surface area contributed by atoms with Crippen molar-refractivity contribution in [2.24, 2.45) is 0 Å². The van der Waals surface area contributed by atoms with Crippen LogP contribution in [0.1, 0.15) is 33.6 Å². The number of carbonyl (C=O) groups is 1. The quantitative estimate of drug-likeness (QED) is 0.681. The Bertz CT molecular complexity index is 583. The molecule has 0 spiro atoms. The molecule has 1 N–H and O–H groups in total. The molecule has 126 valence electrons. The zero-order valence-corrected chi connectivity index (χ0v) is 13.7. The maximum absolute atomic E-state index is 12.1. The molecule has 1 aliphatic rings. The van der Waals surface area contributed by atoms with Gasteiger partial charge in [0.15, 0.2) is 0 Å². The van der Waals surface area contributed by atoms with Gasteiger partial charge in [-0.15, -0.1) is 0 Å². The summed E-state index contributed by atoms with van der Waals surface area (Å²) in [6.07, 6.45) is 1.46. The Balaban J connectivity index is 1.97. The highest BCUT2D eigenvalue weighted by molar-refractivity contribution is 5.68. The van der Waals surface area contributed by atoms with Crippen LogP contribution in [0.3, 0.4) is 0 Å². The molecular weight excluding hydrogens is 298 g/mol. The van der Waals surface area contributed by atoms with E-state index in [0.717, 1.165) is 12.8 Å². The number of likely N-dealkylation sites (tertiary alicyclic amines) is 1. The molecule has 1 unspecified atom stereocenters. The summed E-state index contributed by atoms with van der Waals surface area (Å²) in [5, 5.41) is 14.1. The number of non-ortho nitro benzene ring substituents is 1. The topological polar surface area (TPSA) is 84.7 Å². The second-order valence-electron chi connectivity index (χ2n) is 6.72. The van der Waals surface area contributed by atoms with Gasteiger partial charge in [-0.2, -0.15) is 0 Å². The van der Waals surface area contributed by atoms with Gasteiger partial charge in [0.25, 0.3) is 5.69 Å². The smallest absolute Gasteiger partial charge is 0.410 e. The number of benzene rings is 1. The van der Waals surface area contributed by atoms with E-state index in [1.807, 2.05) is 20.8 Å². The first kappa shape index (κ1) is 17.1. The number of carbonyl (C=O) groups excluding carboxylic acids is 1. The van der Waals surface area contributed by atoms with E-state index in [4.69, 9.17) is 4.74 Å². The van der Waals surface area contributed by atoms with Crippen LogP contribution in [0.5, 0.6) is 0 Å². The fourth-order valence-electron chi connectivity index (χ4n) is 2.53. The predicted octanol–water partition coefficient (Wildman–Crippen LogP) is 3.41. The van der Waals surface area contributed by atoms with Crippen LogP contribution in [0.25, 0.3) is 0 Å². The first-order chi connectivity index (χ1) is 10.7. The van der Waals surface area contributed by atoms with Crippen LogP contribution in [0, 0.1) is 10.1 Å². The second kappa shape index (κ2) is 6.85. The zero-order chi connectivity index (χ0) is 17.0. The summed E-state index contributed by atoms with van der Waals surface area (Å²) in [7, 11) is 0. The van der Waals surface area contributed by atoms with Gasteiger partial charge in [0, 0.05) is 37.0 Å². The number of anilines is 1. The Morgan fingerprint density at radius 3 is 2.83 bits per heavy atom. The van der Waals surface area contributed by atoms with Crippen LogP contribution in [0.4, 0.5) is 16.2 Å². The lowest BCUT2D eigenvalue weighted by Crippen LogP contribution is -2.46. The molecule has 1 aromatic carbocycles. The molecule has 7 heteroatoms. The van der Waals surface area contributed by atoms with E-state index < -0.39 is 10.5 Å². The zero-order valence-electron chi connectivity index (χ0n) is 13.7. The summed E-state index contributed by atoms with van der Waals surface area (Å²) in [5.74, 6) is 0. The Labute approximate surface area is 135 Å². The van der Waals surface area contributed by atoms with Gasteiger partial charge in [0.2, 0.25) is 0 Å². The fraction of sp³-hybridized carbons (Fsp3) is 0.562. The minimum Gasteiger partial charge on any atom is -0.444 e. The lowest BCUT2D eigenvalue weighted by Gasteiger charge is -2.34. The second-order valence-corrected chi connectivity index (χ2v) is 6.72. The van der Waals surface area contributed by atoms with Crippen molar-refractivity contribution in [2.75, 3.05) is 18.4 Å². The van der Waals surface area contributed by atoms with Gasteiger partial charge in [0.1, 0.15) is 5.60 Å². The van der Waals surface area contributed by atoms with Crippen molar-refractivity contribution in [3.8, 4) is 0 Å². The lowest BCUT2D eigenvalue weighted by atomic mass is 10.1. The monoisotopic (exact) mass is 321 g/mol. The van der Waals surface area contributed by atoms with E-state index in [2.05, 4.69) is 5.32 Å². The van der Waals surface area contributed by atoms with Crippen molar-refractivity contribution >= 4 is 17.5 Å². The minimum atomic E-state index is -0.516. The number of rotatable bonds is 3. The van der Waals surface area contributed by atoms with E-state index in [0.29, 0.717) is 18.8 Å². The lowest BCUT2D eigenvalue weighted by molar-refractivity contribution is -0.384. The Morgan fingerprint density at radius 2 is 2.17 bits per heavy atom. The van der Waals surface area contributed by atoms with E-state index >= 15 is 0 Å². The van der Waals surface area contributed by atoms with Gasteiger partial charge in [-0.25, -0.2) is 4.79 Å². The molecule has 0 aliphatic carbocycles. The number of ether oxygens (including phenoxy) is 1. The normalized spacial score (nSPS) is 18.4. The van der Waals surface area contributed by atoms with Crippen LogP contribution in [-0.2, 0) is 4.74 Å². The van der Waals surface area contributed by atoms with Crippen LogP contribution in [-0.4, -0.2) is 40.6 Å². The molecular formula is C16H23N3O4. The molecule has 1 fully saturated rings. The van der Waals surface area contributed by atoms with Crippen LogP contribution < -0.4 is 5.32 Å². The summed E-state index contributed by atoms with van der Waals surface area (Å²) < 4.78 is 5.40. The summed E-state index contributed by atoms with van der Waals surface area (Å²) in [4.78, 5) is 24.2. The van der Waals surface area contributed by atoms with Crippen molar-refractivity contribution in [1.29, 1.82) is 0 Å². The highest BCUT2D eigenvalue weighted by Gasteiger charge is 2.27. The molecule has 1 heterocycles. The largest absolute Gasteiger partial charge is 0.444 e. The van der Waals surface area contributed by atoms with Gasteiger partial charge in [0.05, 0.1) is 4.92 Å². The molecule has 0 radical (unpaired) electrons. The summed E-state index contributed by atoms with van der Waals surface area (Å²) in [5.41, 5.74) is 0.224. The number of amides is 1. The summed E-state index contributed by atoms with van der Waals surface area (Å²) in [6.45, 7) is 6.72. The van der Waals surface area contributed by atoms with Gasteiger partial charge < -0.3 is 15.0 Å². The standard InChI is InChI=1S/C16H23N3O4/c1-16(2,3)23-15(20)18-9-5-7-13(11-18)17-12-6-4-8-14(10-12)19(21)22/h4,6,8,10,13,17H,5,7,9,11H2,1-3H3. The molecule has 0 saturated carbocycles. The first-order valence-corrected chi connectivity index (χ1v) is 7.73. The molecule has 7 nitrogen and oxygen atoms in total. The van der Waals surface area contributed by atoms with E-state index in [1.54, 1.807) is 17.0 Å². The van der Waals surface area contributed by atoms with Crippen LogP contribution in [0.2, 0.25) is 0 Å². The third-order valence-corrected chi connectivity index (χ3v) is 3.50. The summed E-state index contributed by atoms with van der Waals surface area (Å²) in [6, 6.07) is 6.46. The molecule has 2 rings (SSSR count). The fourth-order valence-corrected chi connectivity index (χ4v) is 2.53. The van der Waals surface area contributed by atoms with Crippen molar-refractivity contribution in [3.63, 3.8) is 0 Å². The van der Waals surface area contributed by atoms with Crippen molar-refractivity contribution < 1.29 is 14.5 Å². The SMILES string of the molecule is CC(C)(C)OC(=O)N1CCCC(Nc2cccc([N+](=O)[O-])c2)C1. The molecule has 1 aromatic rings. The molecule has 1 amide bonds. The minimum absolute atomic E-state index is 0.0507. The molecule has 0 aromatic heterocycles. The molecule has 0 bridgehead atoms. The number of hydrogen-bond acceptors (Lipinski definition) is 5. The van der Waals surface area contributed by atoms with Crippen molar-refractivity contribution in [3.05, 3.63) is 34.4 Å². The number of hydrogen-bond donors (Lipinski definition) is 1. The number of nitrogens with zero attached hydrogens (tertiary/aromatic N) is 2. The first-order valence-electron chi connectivity index (χ1n) is 7.73. The number of nitrogens with one attached hydrogen (secondary N) is 1. The van der Waals surface area contributed by atoms with E-state index in [-0.39, 0.29) is 17.8 Å². The summed E-state index contributed by atoms with van der Waals surface area (Å²) >= 11 is 0. The Hall–Kier alpha value is -2.31. The molecule has 1 saturated heterocycles. The van der Waals surface area contributed by atoms with Crippen LogP contribution in [0.15, 0.2) is 24.3 Å². The average Bonchev–Trinajstić information content (AvgIpc) is 2.46. The predicted molar refractivity (Wildman–Crippen MR) is 87.5 cm³/mol. The average molecular weight is 321 g/mol. The maximum atomic E-state index is 12.1. The van der Waals surface area contributed by atoms with Gasteiger partial charge in [-0.05, 0) is 39.7 Å². The highest BCUT2D eigenvalue weighted by atomic mass is 16.6. The van der Waals surface area contributed by atoms with Crippen molar-refractivity contribution in [2.45, 2.75) is 45.3 Å². The van der Waals surface area contributed by atoms with Crippen molar-refractivity contribution in [1.82, 2.24) is 4.90 Å². The van der Waals surface area contributed by atoms with Gasteiger partial charge >= 0.3 is 6.09 Å². The Morgan fingerprint density at radius 1 is 1.43 bits per heavy atom. The molecule has 23 heavy (non-hydrogen) atoms.